The maximum absolute atomic E-state index is 11.4. The number of ketones is 1. The van der Waals surface area contributed by atoms with Crippen LogP contribution < -0.4 is 0 Å². The van der Waals surface area contributed by atoms with Gasteiger partial charge >= 0.3 is 0 Å². The first-order valence-corrected chi connectivity index (χ1v) is 5.08. The van der Waals surface area contributed by atoms with Crippen molar-refractivity contribution in [1.82, 2.24) is 4.98 Å². The van der Waals surface area contributed by atoms with E-state index in [1.54, 1.807) is 6.20 Å². The van der Waals surface area contributed by atoms with E-state index in [0.29, 0.717) is 5.56 Å². The van der Waals surface area contributed by atoms with Gasteiger partial charge in [0.25, 0.3) is 3.79 Å². The molecule has 0 saturated heterocycles. The van der Waals surface area contributed by atoms with Gasteiger partial charge in [0.05, 0.1) is 5.56 Å². The van der Waals surface area contributed by atoms with Gasteiger partial charge in [-0.3, -0.25) is 9.59 Å². The smallest absolute Gasteiger partial charge is 0.262 e. The summed E-state index contributed by atoms with van der Waals surface area (Å²) in [6.07, 6.45) is 1.57. The zero-order valence-electron chi connectivity index (χ0n) is 7.08. The van der Waals surface area contributed by atoms with E-state index in [0.717, 1.165) is 10.9 Å². The molecule has 1 heterocycles. The van der Waals surface area contributed by atoms with Gasteiger partial charge in [0.15, 0.2) is 0 Å². The Hall–Kier alpha value is -1.17. The highest BCUT2D eigenvalue weighted by Crippen LogP contribution is 2.18. The molecule has 3 nitrogen and oxygen atoms in total. The average Bonchev–Trinajstić information content (AvgIpc) is 2.60. The third kappa shape index (κ3) is 1.45. The molecule has 1 aromatic heterocycles. The van der Waals surface area contributed by atoms with E-state index in [1.807, 2.05) is 24.3 Å². The summed E-state index contributed by atoms with van der Waals surface area (Å²) in [7, 11) is 0. The van der Waals surface area contributed by atoms with E-state index in [1.165, 1.54) is 22.6 Å². The number of aromatic amines is 1. The molecule has 0 bridgehead atoms. The van der Waals surface area contributed by atoms with Crippen LogP contribution in [0.2, 0.25) is 0 Å². The van der Waals surface area contributed by atoms with Gasteiger partial charge in [0.2, 0.25) is 5.78 Å². The summed E-state index contributed by atoms with van der Waals surface area (Å²) in [4.78, 5) is 25.3. The standard InChI is InChI=1S/C10H6INO2/c11-10(14)9(13)7-5-12-8-4-2-1-3-6(7)8/h1-5,12H. The summed E-state index contributed by atoms with van der Waals surface area (Å²) in [5.74, 6) is -0.456. The molecule has 0 spiro atoms. The molecule has 0 aliphatic heterocycles. The Morgan fingerprint density at radius 1 is 1.21 bits per heavy atom. The molecule has 14 heavy (non-hydrogen) atoms. The minimum atomic E-state index is -0.465. The van der Waals surface area contributed by atoms with E-state index in [2.05, 4.69) is 4.98 Å². The number of para-hydroxylation sites is 1. The number of carbonyl (C=O) groups excluding carboxylic acids is 2. The quantitative estimate of drug-likeness (QED) is 0.400. The lowest BCUT2D eigenvalue weighted by molar-refractivity contribution is -0.106. The second-order valence-corrected chi connectivity index (χ2v) is 3.83. The summed E-state index contributed by atoms with van der Waals surface area (Å²) in [6.45, 7) is 0. The van der Waals surface area contributed by atoms with Crippen molar-refractivity contribution in [1.29, 1.82) is 0 Å². The van der Waals surface area contributed by atoms with E-state index in [-0.39, 0.29) is 0 Å². The predicted molar refractivity (Wildman–Crippen MR) is 61.7 cm³/mol. The number of rotatable bonds is 2. The first-order valence-electron chi connectivity index (χ1n) is 4.00. The van der Waals surface area contributed by atoms with E-state index < -0.39 is 9.57 Å². The topological polar surface area (TPSA) is 49.9 Å². The molecule has 0 amide bonds. The van der Waals surface area contributed by atoms with E-state index in [4.69, 9.17) is 0 Å². The second-order valence-electron chi connectivity index (χ2n) is 2.85. The fraction of sp³-hybridized carbons (Fsp3) is 0. The number of benzene rings is 1. The molecule has 0 radical (unpaired) electrons. The molecule has 0 unspecified atom stereocenters. The minimum Gasteiger partial charge on any atom is -0.360 e. The Balaban J connectivity index is 2.64. The third-order valence-corrected chi connectivity index (χ3v) is 2.50. The number of Topliss-reactive ketones (excluding diaryl/α,β-unsaturated/α-hetero) is 1. The molecule has 0 aliphatic rings. The van der Waals surface area contributed by atoms with Crippen molar-refractivity contribution in [3.63, 3.8) is 0 Å². The average molecular weight is 299 g/mol. The number of H-pyrrole nitrogens is 1. The fourth-order valence-corrected chi connectivity index (χ4v) is 1.66. The lowest BCUT2D eigenvalue weighted by Gasteiger charge is -1.92. The van der Waals surface area contributed by atoms with Crippen LogP contribution >= 0.6 is 22.6 Å². The van der Waals surface area contributed by atoms with Gasteiger partial charge in [0, 0.05) is 39.7 Å². The molecule has 0 saturated carbocycles. The Bertz CT molecular complexity index is 516. The summed E-state index contributed by atoms with van der Waals surface area (Å²) in [5, 5.41) is 0.794. The summed E-state index contributed by atoms with van der Waals surface area (Å²) < 4.78 is -0.465. The lowest BCUT2D eigenvalue weighted by Crippen LogP contribution is -2.05. The monoisotopic (exact) mass is 299 g/mol. The van der Waals surface area contributed by atoms with Crippen LogP contribution in [0.1, 0.15) is 10.4 Å². The highest BCUT2D eigenvalue weighted by atomic mass is 127. The van der Waals surface area contributed by atoms with Crippen molar-refractivity contribution in [2.75, 3.05) is 0 Å². The first kappa shape index (κ1) is 9.39. The van der Waals surface area contributed by atoms with Crippen molar-refractivity contribution in [2.24, 2.45) is 0 Å². The molecule has 0 aliphatic carbocycles. The maximum atomic E-state index is 11.4. The van der Waals surface area contributed by atoms with Crippen LogP contribution in [0, 0.1) is 0 Å². The van der Waals surface area contributed by atoms with Crippen molar-refractivity contribution in [3.8, 4) is 0 Å². The molecule has 0 fully saturated rings. The summed E-state index contributed by atoms with van der Waals surface area (Å²) >= 11 is 1.50. The Morgan fingerprint density at radius 3 is 2.64 bits per heavy atom. The van der Waals surface area contributed by atoms with Crippen molar-refractivity contribution in [2.45, 2.75) is 0 Å². The van der Waals surface area contributed by atoms with E-state index >= 15 is 0 Å². The van der Waals surface area contributed by atoms with Gasteiger partial charge in [-0.15, -0.1) is 0 Å². The van der Waals surface area contributed by atoms with Crippen molar-refractivity contribution in [3.05, 3.63) is 36.0 Å². The molecule has 4 heteroatoms. The number of fused-ring (bicyclic) bond motifs is 1. The van der Waals surface area contributed by atoms with Crippen molar-refractivity contribution < 1.29 is 9.59 Å². The van der Waals surface area contributed by atoms with Gasteiger partial charge in [-0.1, -0.05) is 18.2 Å². The Morgan fingerprint density at radius 2 is 1.93 bits per heavy atom. The van der Waals surface area contributed by atoms with Crippen LogP contribution in [0.5, 0.6) is 0 Å². The zero-order chi connectivity index (χ0) is 10.1. The van der Waals surface area contributed by atoms with Gasteiger partial charge in [-0.05, 0) is 6.07 Å². The normalized spacial score (nSPS) is 10.4. The Labute approximate surface area is 93.6 Å². The van der Waals surface area contributed by atoms with Gasteiger partial charge in [0.1, 0.15) is 0 Å². The molecular formula is C10H6INO2. The number of halogens is 1. The minimum absolute atomic E-state index is 0.444. The van der Waals surface area contributed by atoms with Gasteiger partial charge in [-0.2, -0.15) is 0 Å². The van der Waals surface area contributed by atoms with Crippen LogP contribution in [0.15, 0.2) is 30.5 Å². The molecule has 70 valence electrons. The summed E-state index contributed by atoms with van der Waals surface area (Å²) in [6, 6.07) is 7.39. The lowest BCUT2D eigenvalue weighted by atomic mass is 10.1. The predicted octanol–water partition coefficient (Wildman–Crippen LogP) is 2.31. The number of aromatic nitrogens is 1. The molecule has 1 aromatic carbocycles. The van der Waals surface area contributed by atoms with Gasteiger partial charge in [-0.25, -0.2) is 0 Å². The zero-order valence-corrected chi connectivity index (χ0v) is 9.24. The maximum Gasteiger partial charge on any atom is 0.262 e. The molecule has 2 aromatic rings. The molecular weight excluding hydrogens is 293 g/mol. The van der Waals surface area contributed by atoms with Crippen LogP contribution in [0.25, 0.3) is 10.9 Å². The highest BCUT2D eigenvalue weighted by Gasteiger charge is 2.16. The summed E-state index contributed by atoms with van der Waals surface area (Å²) in [5.41, 5.74) is 1.31. The van der Waals surface area contributed by atoms with Crippen LogP contribution in [-0.4, -0.2) is 14.6 Å². The number of hydrogen-bond acceptors (Lipinski definition) is 2. The molecule has 1 N–H and O–H groups in total. The van der Waals surface area contributed by atoms with Gasteiger partial charge < -0.3 is 4.98 Å². The fourth-order valence-electron chi connectivity index (χ4n) is 1.37. The van der Waals surface area contributed by atoms with Crippen molar-refractivity contribution >= 4 is 43.1 Å². The molecule has 2 rings (SSSR count). The number of nitrogens with one attached hydrogen (secondary N) is 1. The third-order valence-electron chi connectivity index (χ3n) is 2.01. The second kappa shape index (κ2) is 3.53. The largest absolute Gasteiger partial charge is 0.360 e. The number of hydrogen-bond donors (Lipinski definition) is 1. The molecule has 0 atom stereocenters. The van der Waals surface area contributed by atoms with Crippen LogP contribution in [-0.2, 0) is 4.79 Å². The first-order chi connectivity index (χ1) is 6.70. The van der Waals surface area contributed by atoms with Crippen LogP contribution in [0.4, 0.5) is 0 Å². The highest BCUT2D eigenvalue weighted by molar-refractivity contribution is 14.1. The number of carbonyl (C=O) groups is 2. The van der Waals surface area contributed by atoms with E-state index in [9.17, 15) is 9.59 Å². The SMILES string of the molecule is O=C(I)C(=O)c1c[nH]c2ccccc12. The Kier molecular flexibility index (Phi) is 2.37. The van der Waals surface area contributed by atoms with Crippen LogP contribution in [0.3, 0.4) is 0 Å².